The molecule has 0 bridgehead atoms. The molecule has 138 valence electrons. The SMILES string of the molecule is CCC(C)C(=O)Nc1nnc(SCC(=O)N2c3ccccc3CC2C)s1. The Bertz CT molecular complexity index is 808. The molecular formula is C18H22N4O2S2. The minimum Gasteiger partial charge on any atom is -0.308 e. The monoisotopic (exact) mass is 390 g/mol. The van der Waals surface area contributed by atoms with Crippen molar-refractivity contribution in [2.75, 3.05) is 16.0 Å². The summed E-state index contributed by atoms with van der Waals surface area (Å²) in [5.74, 6) is 0.243. The third kappa shape index (κ3) is 4.07. The number of carbonyl (C=O) groups is 2. The van der Waals surface area contributed by atoms with Crippen molar-refractivity contribution in [1.29, 1.82) is 0 Å². The van der Waals surface area contributed by atoms with E-state index in [1.807, 2.05) is 36.9 Å². The van der Waals surface area contributed by atoms with Gasteiger partial charge < -0.3 is 10.2 Å². The average Bonchev–Trinajstić information content (AvgIpc) is 3.21. The number of hydrogen-bond donors (Lipinski definition) is 1. The summed E-state index contributed by atoms with van der Waals surface area (Å²) in [5, 5.41) is 11.3. The summed E-state index contributed by atoms with van der Waals surface area (Å²) in [6.45, 7) is 5.91. The van der Waals surface area contributed by atoms with E-state index in [0.29, 0.717) is 15.2 Å². The number of hydrogen-bond acceptors (Lipinski definition) is 6. The fourth-order valence-electron chi connectivity index (χ4n) is 2.87. The first-order valence-corrected chi connectivity index (χ1v) is 10.5. The fraction of sp³-hybridized carbons (Fsp3) is 0.444. The van der Waals surface area contributed by atoms with Gasteiger partial charge in [0.25, 0.3) is 0 Å². The highest BCUT2D eigenvalue weighted by Crippen LogP contribution is 2.33. The highest BCUT2D eigenvalue weighted by atomic mass is 32.2. The molecule has 1 aliphatic rings. The Kier molecular flexibility index (Phi) is 5.93. The van der Waals surface area contributed by atoms with E-state index in [1.165, 1.54) is 28.7 Å². The van der Waals surface area contributed by atoms with E-state index in [-0.39, 0.29) is 23.8 Å². The Morgan fingerprint density at radius 3 is 2.92 bits per heavy atom. The maximum absolute atomic E-state index is 12.7. The van der Waals surface area contributed by atoms with Crippen molar-refractivity contribution in [2.24, 2.45) is 5.92 Å². The first kappa shape index (κ1) is 18.8. The van der Waals surface area contributed by atoms with E-state index in [4.69, 9.17) is 0 Å². The predicted molar refractivity (Wildman–Crippen MR) is 106 cm³/mol. The summed E-state index contributed by atoms with van der Waals surface area (Å²) in [6.07, 6.45) is 1.66. The molecule has 1 N–H and O–H groups in total. The number of nitrogens with one attached hydrogen (secondary N) is 1. The van der Waals surface area contributed by atoms with Crippen LogP contribution in [0.25, 0.3) is 0 Å². The molecule has 0 aliphatic carbocycles. The van der Waals surface area contributed by atoms with Gasteiger partial charge in [0, 0.05) is 17.6 Å². The summed E-state index contributed by atoms with van der Waals surface area (Å²) in [7, 11) is 0. The molecule has 2 unspecified atom stereocenters. The van der Waals surface area contributed by atoms with Crippen LogP contribution in [-0.2, 0) is 16.0 Å². The van der Waals surface area contributed by atoms with Crippen LogP contribution in [0.5, 0.6) is 0 Å². The molecule has 2 amide bonds. The lowest BCUT2D eigenvalue weighted by molar-refractivity contribution is -0.119. The maximum atomic E-state index is 12.7. The standard InChI is InChI=1S/C18H22N4O2S2/c1-4-11(2)16(24)19-17-20-21-18(26-17)25-10-15(23)22-12(3)9-13-7-5-6-8-14(13)22/h5-8,11-12H,4,9-10H2,1-3H3,(H,19,20,24). The number of thioether (sulfide) groups is 1. The molecule has 0 saturated carbocycles. The first-order valence-electron chi connectivity index (χ1n) is 8.66. The van der Waals surface area contributed by atoms with Crippen LogP contribution in [0.15, 0.2) is 28.6 Å². The normalized spacial score (nSPS) is 17.0. The highest BCUT2D eigenvalue weighted by Gasteiger charge is 2.30. The van der Waals surface area contributed by atoms with E-state index in [2.05, 4.69) is 28.5 Å². The van der Waals surface area contributed by atoms with E-state index in [9.17, 15) is 9.59 Å². The van der Waals surface area contributed by atoms with Crippen molar-refractivity contribution in [1.82, 2.24) is 10.2 Å². The first-order chi connectivity index (χ1) is 12.5. The van der Waals surface area contributed by atoms with Gasteiger partial charge in [-0.2, -0.15) is 0 Å². The van der Waals surface area contributed by atoms with E-state index >= 15 is 0 Å². The lowest BCUT2D eigenvalue weighted by Crippen LogP contribution is -2.36. The van der Waals surface area contributed by atoms with Crippen molar-refractivity contribution in [3.05, 3.63) is 29.8 Å². The van der Waals surface area contributed by atoms with Crippen molar-refractivity contribution in [3.63, 3.8) is 0 Å². The molecule has 8 heteroatoms. The second-order valence-electron chi connectivity index (χ2n) is 6.41. The van der Waals surface area contributed by atoms with Crippen LogP contribution in [0.3, 0.4) is 0 Å². The van der Waals surface area contributed by atoms with Gasteiger partial charge in [-0.05, 0) is 31.4 Å². The number of amides is 2. The van der Waals surface area contributed by atoms with Gasteiger partial charge in [0.1, 0.15) is 0 Å². The molecular weight excluding hydrogens is 368 g/mol. The van der Waals surface area contributed by atoms with Crippen LogP contribution in [0.4, 0.5) is 10.8 Å². The summed E-state index contributed by atoms with van der Waals surface area (Å²) in [6, 6.07) is 8.20. The highest BCUT2D eigenvalue weighted by molar-refractivity contribution is 8.01. The summed E-state index contributed by atoms with van der Waals surface area (Å²) in [4.78, 5) is 26.5. The smallest absolute Gasteiger partial charge is 0.237 e. The zero-order valence-electron chi connectivity index (χ0n) is 15.1. The van der Waals surface area contributed by atoms with Gasteiger partial charge in [0.2, 0.25) is 16.9 Å². The Hall–Kier alpha value is -1.93. The molecule has 1 aliphatic heterocycles. The second kappa shape index (κ2) is 8.18. The Balaban J connectivity index is 1.58. The minimum absolute atomic E-state index is 0.0567. The van der Waals surface area contributed by atoms with E-state index in [0.717, 1.165) is 18.5 Å². The zero-order valence-corrected chi connectivity index (χ0v) is 16.7. The van der Waals surface area contributed by atoms with Crippen molar-refractivity contribution in [2.45, 2.75) is 44.0 Å². The average molecular weight is 391 g/mol. The van der Waals surface area contributed by atoms with E-state index in [1.54, 1.807) is 0 Å². The molecule has 26 heavy (non-hydrogen) atoms. The summed E-state index contributed by atoms with van der Waals surface area (Å²) in [5.41, 5.74) is 2.22. The molecule has 6 nitrogen and oxygen atoms in total. The molecule has 3 rings (SSSR count). The number of para-hydroxylation sites is 1. The summed E-state index contributed by atoms with van der Waals surface area (Å²) < 4.78 is 0.679. The number of carbonyl (C=O) groups excluding carboxylic acids is 2. The number of anilines is 2. The summed E-state index contributed by atoms with van der Waals surface area (Å²) >= 11 is 2.65. The molecule has 0 spiro atoms. The molecule has 0 radical (unpaired) electrons. The quantitative estimate of drug-likeness (QED) is 0.603. The fourth-order valence-corrected chi connectivity index (χ4v) is 4.49. The van der Waals surface area contributed by atoms with Gasteiger partial charge >= 0.3 is 0 Å². The lowest BCUT2D eigenvalue weighted by Gasteiger charge is -2.22. The molecule has 0 saturated heterocycles. The Morgan fingerprint density at radius 2 is 2.15 bits per heavy atom. The minimum atomic E-state index is -0.0618. The van der Waals surface area contributed by atoms with Gasteiger partial charge in [-0.3, -0.25) is 9.59 Å². The third-order valence-corrected chi connectivity index (χ3v) is 6.45. The van der Waals surface area contributed by atoms with Gasteiger partial charge in [-0.15, -0.1) is 10.2 Å². The number of fused-ring (bicyclic) bond motifs is 1. The number of nitrogens with zero attached hydrogens (tertiary/aromatic N) is 3. The molecule has 2 aromatic rings. The van der Waals surface area contributed by atoms with Crippen molar-refractivity contribution in [3.8, 4) is 0 Å². The van der Waals surface area contributed by atoms with Crippen LogP contribution >= 0.6 is 23.1 Å². The van der Waals surface area contributed by atoms with Gasteiger partial charge in [0.05, 0.1) is 5.75 Å². The van der Waals surface area contributed by atoms with Crippen molar-refractivity contribution < 1.29 is 9.59 Å². The Morgan fingerprint density at radius 1 is 1.38 bits per heavy atom. The van der Waals surface area contributed by atoms with Crippen molar-refractivity contribution >= 4 is 45.7 Å². The third-order valence-electron chi connectivity index (χ3n) is 4.49. The van der Waals surface area contributed by atoms with Gasteiger partial charge in [-0.1, -0.05) is 55.1 Å². The topological polar surface area (TPSA) is 75.2 Å². The number of aromatic nitrogens is 2. The lowest BCUT2D eigenvalue weighted by atomic mass is 10.1. The van der Waals surface area contributed by atoms with Crippen LogP contribution in [-0.4, -0.2) is 33.8 Å². The molecule has 2 atom stereocenters. The molecule has 1 aromatic carbocycles. The van der Waals surface area contributed by atoms with Crippen LogP contribution in [0.2, 0.25) is 0 Å². The van der Waals surface area contributed by atoms with Gasteiger partial charge in [-0.25, -0.2) is 0 Å². The Labute approximate surface area is 161 Å². The maximum Gasteiger partial charge on any atom is 0.237 e. The van der Waals surface area contributed by atoms with Crippen LogP contribution in [0.1, 0.15) is 32.8 Å². The predicted octanol–water partition coefficient (Wildman–Crippen LogP) is 3.59. The molecule has 1 aromatic heterocycles. The van der Waals surface area contributed by atoms with Crippen LogP contribution < -0.4 is 10.2 Å². The zero-order chi connectivity index (χ0) is 18.7. The second-order valence-corrected chi connectivity index (χ2v) is 8.61. The van der Waals surface area contributed by atoms with E-state index < -0.39 is 0 Å². The number of rotatable bonds is 6. The molecule has 0 fully saturated rings. The number of benzene rings is 1. The molecule has 2 heterocycles. The van der Waals surface area contributed by atoms with Crippen LogP contribution in [0, 0.1) is 5.92 Å². The van der Waals surface area contributed by atoms with Gasteiger partial charge in [0.15, 0.2) is 4.34 Å². The largest absolute Gasteiger partial charge is 0.308 e.